The van der Waals surface area contributed by atoms with Crippen LogP contribution in [-0.2, 0) is 9.47 Å². The van der Waals surface area contributed by atoms with Crippen LogP contribution in [0.3, 0.4) is 0 Å². The number of hydrogen-bond donors (Lipinski definition) is 2. The molecule has 0 aromatic carbocycles. The standard InChI is InChI=1S/C16H31N3O2/c1-4-15(6-5-7-15)12-18-14(17-2)19-13-16(20-3)8-10-21-11-9-16/h4-13H2,1-3H3,(H2,17,18,19). The molecule has 0 bridgehead atoms. The molecular formula is C16H31N3O2. The van der Waals surface area contributed by atoms with Crippen LogP contribution in [0.5, 0.6) is 0 Å². The van der Waals surface area contributed by atoms with Crippen molar-refractivity contribution < 1.29 is 9.47 Å². The minimum atomic E-state index is -0.116. The van der Waals surface area contributed by atoms with E-state index in [4.69, 9.17) is 9.47 Å². The molecule has 0 aromatic rings. The predicted octanol–water partition coefficient (Wildman–Crippen LogP) is 1.93. The van der Waals surface area contributed by atoms with Crippen molar-refractivity contribution >= 4 is 5.96 Å². The fourth-order valence-electron chi connectivity index (χ4n) is 3.27. The van der Waals surface area contributed by atoms with Gasteiger partial charge in [0.15, 0.2) is 5.96 Å². The van der Waals surface area contributed by atoms with Crippen LogP contribution >= 0.6 is 0 Å². The molecule has 5 nitrogen and oxygen atoms in total. The minimum Gasteiger partial charge on any atom is -0.381 e. The number of nitrogens with one attached hydrogen (secondary N) is 2. The molecule has 1 aliphatic heterocycles. The van der Waals surface area contributed by atoms with E-state index in [1.165, 1.54) is 25.7 Å². The Kier molecular flexibility index (Phi) is 5.88. The SMILES string of the molecule is CCC1(CNC(=NC)NCC2(OC)CCOCC2)CCC1. The fraction of sp³-hybridized carbons (Fsp3) is 0.938. The summed E-state index contributed by atoms with van der Waals surface area (Å²) in [5.74, 6) is 0.887. The molecular weight excluding hydrogens is 266 g/mol. The predicted molar refractivity (Wildman–Crippen MR) is 85.7 cm³/mol. The number of ether oxygens (including phenoxy) is 2. The summed E-state index contributed by atoms with van der Waals surface area (Å²) in [7, 11) is 3.63. The molecule has 0 aromatic heterocycles. The average molecular weight is 297 g/mol. The molecule has 122 valence electrons. The van der Waals surface area contributed by atoms with Gasteiger partial charge in [0, 0.05) is 53.3 Å². The van der Waals surface area contributed by atoms with Crippen molar-refractivity contribution in [3.8, 4) is 0 Å². The van der Waals surface area contributed by atoms with Crippen molar-refractivity contribution in [1.82, 2.24) is 10.6 Å². The quantitative estimate of drug-likeness (QED) is 0.581. The van der Waals surface area contributed by atoms with Gasteiger partial charge in [-0.15, -0.1) is 0 Å². The molecule has 0 radical (unpaired) electrons. The third-order valence-corrected chi connectivity index (χ3v) is 5.43. The first-order valence-electron chi connectivity index (χ1n) is 8.25. The molecule has 5 heteroatoms. The van der Waals surface area contributed by atoms with Crippen molar-refractivity contribution in [3.05, 3.63) is 0 Å². The summed E-state index contributed by atoms with van der Waals surface area (Å²) in [5.41, 5.74) is 0.379. The second kappa shape index (κ2) is 7.45. The Morgan fingerprint density at radius 3 is 2.29 bits per heavy atom. The van der Waals surface area contributed by atoms with Gasteiger partial charge in [0.1, 0.15) is 0 Å². The van der Waals surface area contributed by atoms with E-state index in [-0.39, 0.29) is 5.60 Å². The number of methoxy groups -OCH3 is 1. The van der Waals surface area contributed by atoms with E-state index < -0.39 is 0 Å². The van der Waals surface area contributed by atoms with Crippen LogP contribution < -0.4 is 10.6 Å². The molecule has 0 unspecified atom stereocenters. The topological polar surface area (TPSA) is 54.9 Å². The van der Waals surface area contributed by atoms with Gasteiger partial charge in [-0.05, 0) is 24.7 Å². The Labute approximate surface area is 128 Å². The number of aliphatic imine (C=N–C) groups is 1. The van der Waals surface area contributed by atoms with E-state index in [2.05, 4.69) is 22.5 Å². The highest BCUT2D eigenvalue weighted by atomic mass is 16.5. The van der Waals surface area contributed by atoms with Gasteiger partial charge >= 0.3 is 0 Å². The molecule has 0 spiro atoms. The first-order valence-corrected chi connectivity index (χ1v) is 8.25. The van der Waals surface area contributed by atoms with Crippen molar-refractivity contribution in [1.29, 1.82) is 0 Å². The summed E-state index contributed by atoms with van der Waals surface area (Å²) < 4.78 is 11.2. The van der Waals surface area contributed by atoms with E-state index in [1.807, 2.05) is 7.05 Å². The Hall–Kier alpha value is -0.810. The largest absolute Gasteiger partial charge is 0.381 e. The zero-order valence-corrected chi connectivity index (χ0v) is 13.8. The molecule has 1 saturated carbocycles. The third-order valence-electron chi connectivity index (χ3n) is 5.43. The van der Waals surface area contributed by atoms with E-state index in [0.717, 1.165) is 45.1 Å². The van der Waals surface area contributed by atoms with Gasteiger partial charge in [-0.25, -0.2) is 0 Å². The van der Waals surface area contributed by atoms with Gasteiger partial charge in [-0.3, -0.25) is 4.99 Å². The smallest absolute Gasteiger partial charge is 0.191 e. The van der Waals surface area contributed by atoms with Gasteiger partial charge in [-0.2, -0.15) is 0 Å². The Morgan fingerprint density at radius 2 is 1.81 bits per heavy atom. The summed E-state index contributed by atoms with van der Waals surface area (Å²) in [6, 6.07) is 0. The summed E-state index contributed by atoms with van der Waals surface area (Å²) >= 11 is 0. The minimum absolute atomic E-state index is 0.116. The molecule has 0 atom stereocenters. The zero-order valence-electron chi connectivity index (χ0n) is 13.8. The Balaban J connectivity index is 1.79. The average Bonchev–Trinajstić information content (AvgIpc) is 2.50. The van der Waals surface area contributed by atoms with Crippen LogP contribution in [0.1, 0.15) is 45.4 Å². The normalized spacial score (nSPS) is 24.2. The lowest BCUT2D eigenvalue weighted by Gasteiger charge is -2.42. The molecule has 2 N–H and O–H groups in total. The summed E-state index contributed by atoms with van der Waals surface area (Å²) in [6.07, 6.45) is 7.17. The van der Waals surface area contributed by atoms with Crippen molar-refractivity contribution in [2.45, 2.75) is 51.0 Å². The van der Waals surface area contributed by atoms with Crippen molar-refractivity contribution in [2.24, 2.45) is 10.4 Å². The van der Waals surface area contributed by atoms with E-state index in [0.29, 0.717) is 5.41 Å². The van der Waals surface area contributed by atoms with E-state index in [9.17, 15) is 0 Å². The number of nitrogens with zero attached hydrogens (tertiary/aromatic N) is 1. The summed E-state index contributed by atoms with van der Waals surface area (Å²) in [6.45, 7) is 5.65. The van der Waals surface area contributed by atoms with Gasteiger partial charge in [0.2, 0.25) is 0 Å². The molecule has 1 aliphatic carbocycles. The molecule has 2 rings (SSSR count). The number of hydrogen-bond acceptors (Lipinski definition) is 3. The summed E-state index contributed by atoms with van der Waals surface area (Å²) in [4.78, 5) is 4.34. The fourth-order valence-corrected chi connectivity index (χ4v) is 3.27. The first-order chi connectivity index (χ1) is 10.2. The number of rotatable bonds is 6. The van der Waals surface area contributed by atoms with Gasteiger partial charge in [0.05, 0.1) is 5.60 Å². The van der Waals surface area contributed by atoms with E-state index in [1.54, 1.807) is 7.11 Å². The Morgan fingerprint density at radius 1 is 1.14 bits per heavy atom. The highest BCUT2D eigenvalue weighted by Gasteiger charge is 2.35. The van der Waals surface area contributed by atoms with Crippen LogP contribution in [-0.4, -0.2) is 52.0 Å². The monoisotopic (exact) mass is 297 g/mol. The molecule has 0 amide bonds. The van der Waals surface area contributed by atoms with Crippen LogP contribution in [0.2, 0.25) is 0 Å². The highest BCUT2D eigenvalue weighted by Crippen LogP contribution is 2.42. The maximum absolute atomic E-state index is 5.75. The molecule has 2 aliphatic rings. The maximum atomic E-state index is 5.75. The van der Waals surface area contributed by atoms with Gasteiger partial charge < -0.3 is 20.1 Å². The second-order valence-corrected chi connectivity index (χ2v) is 6.49. The lowest BCUT2D eigenvalue weighted by molar-refractivity contribution is -0.0855. The second-order valence-electron chi connectivity index (χ2n) is 6.49. The van der Waals surface area contributed by atoms with Gasteiger partial charge in [-0.1, -0.05) is 13.3 Å². The highest BCUT2D eigenvalue weighted by molar-refractivity contribution is 5.79. The van der Waals surface area contributed by atoms with Crippen molar-refractivity contribution in [3.63, 3.8) is 0 Å². The third kappa shape index (κ3) is 4.10. The van der Waals surface area contributed by atoms with Crippen LogP contribution in [0.25, 0.3) is 0 Å². The lowest BCUT2D eigenvalue weighted by atomic mass is 9.67. The lowest BCUT2D eigenvalue weighted by Crippen LogP contribution is -2.52. The molecule has 2 fully saturated rings. The summed E-state index contributed by atoms with van der Waals surface area (Å²) in [5, 5.41) is 6.93. The van der Waals surface area contributed by atoms with Crippen LogP contribution in [0.15, 0.2) is 4.99 Å². The van der Waals surface area contributed by atoms with E-state index >= 15 is 0 Å². The first kappa shape index (κ1) is 16.6. The molecule has 1 saturated heterocycles. The maximum Gasteiger partial charge on any atom is 0.191 e. The number of guanidine groups is 1. The zero-order chi connectivity index (χ0) is 15.2. The Bertz CT molecular complexity index is 342. The van der Waals surface area contributed by atoms with Crippen LogP contribution in [0.4, 0.5) is 0 Å². The van der Waals surface area contributed by atoms with Crippen LogP contribution in [0, 0.1) is 5.41 Å². The van der Waals surface area contributed by atoms with Crippen molar-refractivity contribution in [2.75, 3.05) is 40.5 Å². The van der Waals surface area contributed by atoms with Gasteiger partial charge in [0.25, 0.3) is 0 Å². The molecule has 21 heavy (non-hydrogen) atoms. The molecule has 1 heterocycles.